The summed E-state index contributed by atoms with van der Waals surface area (Å²) < 4.78 is 12.9. The van der Waals surface area contributed by atoms with Gasteiger partial charge in [0.25, 0.3) is 0 Å². The third-order valence-electron chi connectivity index (χ3n) is 1.77. The van der Waals surface area contributed by atoms with Gasteiger partial charge >= 0.3 is 0 Å². The topological polar surface area (TPSA) is 25.8 Å². The normalized spacial score (nSPS) is 10.8. The summed E-state index contributed by atoms with van der Waals surface area (Å²) >= 11 is 7.28. The van der Waals surface area contributed by atoms with E-state index in [2.05, 4.69) is 9.97 Å². The predicted molar refractivity (Wildman–Crippen MR) is 56.3 cm³/mol. The molecule has 0 amide bonds. The van der Waals surface area contributed by atoms with E-state index in [9.17, 15) is 4.39 Å². The lowest BCUT2D eigenvalue weighted by molar-refractivity contribution is 0.629. The van der Waals surface area contributed by atoms with Gasteiger partial charge in [-0.25, -0.2) is 14.4 Å². The Bertz CT molecular complexity index is 489. The van der Waals surface area contributed by atoms with Gasteiger partial charge in [0.1, 0.15) is 11.0 Å². The maximum absolute atomic E-state index is 12.9. The van der Waals surface area contributed by atoms with Gasteiger partial charge in [-0.15, -0.1) is 0 Å². The van der Waals surface area contributed by atoms with Crippen LogP contribution in [0.15, 0.2) is 23.4 Å². The molecular formula is C9H6ClFN2S. The first-order chi connectivity index (χ1) is 6.70. The van der Waals surface area contributed by atoms with Gasteiger partial charge in [-0.1, -0.05) is 23.4 Å². The molecule has 1 aromatic carbocycles. The molecule has 0 bridgehead atoms. The number of thioether (sulfide) groups is 1. The summed E-state index contributed by atoms with van der Waals surface area (Å²) in [5, 5.41) is 1.58. The van der Waals surface area contributed by atoms with Crippen molar-refractivity contribution in [2.75, 3.05) is 6.26 Å². The molecule has 0 atom stereocenters. The Morgan fingerprint density at radius 2 is 2.14 bits per heavy atom. The molecule has 0 N–H and O–H groups in total. The molecule has 0 aliphatic carbocycles. The van der Waals surface area contributed by atoms with Crippen LogP contribution >= 0.6 is 23.4 Å². The molecule has 0 saturated heterocycles. The second-order valence-corrected chi connectivity index (χ2v) is 3.79. The molecule has 0 fully saturated rings. The van der Waals surface area contributed by atoms with Gasteiger partial charge in [-0.05, 0) is 18.4 Å². The van der Waals surface area contributed by atoms with E-state index in [0.717, 1.165) is 0 Å². The minimum Gasteiger partial charge on any atom is -0.222 e. The van der Waals surface area contributed by atoms with Gasteiger partial charge in [-0.3, -0.25) is 0 Å². The highest BCUT2D eigenvalue weighted by atomic mass is 35.5. The highest BCUT2D eigenvalue weighted by Crippen LogP contribution is 2.23. The minimum absolute atomic E-state index is 0.320. The zero-order valence-electron chi connectivity index (χ0n) is 7.29. The fraction of sp³-hybridized carbons (Fsp3) is 0.111. The minimum atomic E-state index is -0.320. The predicted octanol–water partition coefficient (Wildman–Crippen LogP) is 3.14. The molecule has 0 saturated carbocycles. The number of rotatable bonds is 1. The lowest BCUT2D eigenvalue weighted by Crippen LogP contribution is -1.89. The molecule has 0 radical (unpaired) electrons. The summed E-state index contributed by atoms with van der Waals surface area (Å²) in [5.74, 6) is -0.320. The molecule has 0 aliphatic rings. The molecule has 14 heavy (non-hydrogen) atoms. The van der Waals surface area contributed by atoms with Gasteiger partial charge in [-0.2, -0.15) is 0 Å². The fourth-order valence-corrected chi connectivity index (χ4v) is 1.80. The van der Waals surface area contributed by atoms with E-state index in [1.807, 2.05) is 6.26 Å². The van der Waals surface area contributed by atoms with Crippen LogP contribution in [0.4, 0.5) is 4.39 Å². The number of hydrogen-bond donors (Lipinski definition) is 0. The molecule has 2 nitrogen and oxygen atoms in total. The Kier molecular flexibility index (Phi) is 2.56. The molecule has 2 rings (SSSR count). The van der Waals surface area contributed by atoms with E-state index in [-0.39, 0.29) is 5.82 Å². The van der Waals surface area contributed by atoms with E-state index in [0.29, 0.717) is 21.2 Å². The molecule has 0 spiro atoms. The smallest absolute Gasteiger partial charge is 0.189 e. The van der Waals surface area contributed by atoms with Crippen LogP contribution < -0.4 is 0 Å². The van der Waals surface area contributed by atoms with Crippen molar-refractivity contribution in [2.45, 2.75) is 5.16 Å². The average Bonchev–Trinajstić information content (AvgIpc) is 2.16. The van der Waals surface area contributed by atoms with Crippen LogP contribution in [-0.4, -0.2) is 16.2 Å². The third kappa shape index (κ3) is 1.67. The van der Waals surface area contributed by atoms with E-state index in [1.54, 1.807) is 6.07 Å². The molecule has 1 heterocycles. The van der Waals surface area contributed by atoms with Gasteiger partial charge in [0, 0.05) is 11.5 Å². The summed E-state index contributed by atoms with van der Waals surface area (Å²) in [6, 6.07) is 4.27. The van der Waals surface area contributed by atoms with Crippen molar-refractivity contribution in [3.63, 3.8) is 0 Å². The second-order valence-electron chi connectivity index (χ2n) is 2.66. The van der Waals surface area contributed by atoms with E-state index >= 15 is 0 Å². The van der Waals surface area contributed by atoms with Gasteiger partial charge < -0.3 is 0 Å². The number of hydrogen-bond acceptors (Lipinski definition) is 3. The Balaban J connectivity index is 2.77. The lowest BCUT2D eigenvalue weighted by atomic mass is 10.2. The Morgan fingerprint density at radius 1 is 1.36 bits per heavy atom. The summed E-state index contributed by atoms with van der Waals surface area (Å²) in [5.41, 5.74) is 0.536. The highest BCUT2D eigenvalue weighted by Gasteiger charge is 2.05. The fourth-order valence-electron chi connectivity index (χ4n) is 1.14. The third-order valence-corrected chi connectivity index (χ3v) is 2.61. The van der Waals surface area contributed by atoms with Gasteiger partial charge in [0.15, 0.2) is 5.16 Å². The van der Waals surface area contributed by atoms with Crippen molar-refractivity contribution in [2.24, 2.45) is 0 Å². The lowest BCUT2D eigenvalue weighted by Gasteiger charge is -2.01. The first-order valence-corrected chi connectivity index (χ1v) is 5.48. The second kappa shape index (κ2) is 3.71. The quantitative estimate of drug-likeness (QED) is 0.426. The summed E-state index contributed by atoms with van der Waals surface area (Å²) in [7, 11) is 0. The number of fused-ring (bicyclic) bond motifs is 1. The maximum atomic E-state index is 12.9. The van der Waals surface area contributed by atoms with Crippen molar-refractivity contribution in [3.05, 3.63) is 29.2 Å². The molecule has 2 aromatic rings. The van der Waals surface area contributed by atoms with Gasteiger partial charge in [0.05, 0.1) is 5.52 Å². The van der Waals surface area contributed by atoms with Crippen molar-refractivity contribution in [1.29, 1.82) is 0 Å². The summed E-state index contributed by atoms with van der Waals surface area (Å²) in [6.45, 7) is 0. The number of halogens is 2. The van der Waals surface area contributed by atoms with Crippen LogP contribution in [0.5, 0.6) is 0 Å². The van der Waals surface area contributed by atoms with E-state index < -0.39 is 0 Å². The zero-order valence-corrected chi connectivity index (χ0v) is 8.86. The molecular weight excluding hydrogens is 223 g/mol. The van der Waals surface area contributed by atoms with Crippen molar-refractivity contribution in [3.8, 4) is 0 Å². The highest BCUT2D eigenvalue weighted by molar-refractivity contribution is 7.98. The first kappa shape index (κ1) is 9.68. The van der Waals surface area contributed by atoms with Crippen LogP contribution in [0.2, 0.25) is 5.15 Å². The zero-order chi connectivity index (χ0) is 10.1. The number of aromatic nitrogens is 2. The standard InChI is InChI=1S/C9H6ClFN2S/c1-14-9-12-7-4-5(11)2-3-6(7)8(10)13-9/h2-4H,1H3. The SMILES string of the molecule is CSc1nc(Cl)c2ccc(F)cc2n1. The van der Waals surface area contributed by atoms with Crippen LogP contribution in [0.25, 0.3) is 10.9 Å². The molecule has 72 valence electrons. The first-order valence-electron chi connectivity index (χ1n) is 3.87. The summed E-state index contributed by atoms with van der Waals surface area (Å²) in [6.07, 6.45) is 1.84. The molecule has 0 aliphatic heterocycles. The van der Waals surface area contributed by atoms with Crippen molar-refractivity contribution < 1.29 is 4.39 Å². The number of benzene rings is 1. The van der Waals surface area contributed by atoms with Crippen LogP contribution in [0.1, 0.15) is 0 Å². The van der Waals surface area contributed by atoms with E-state index in [4.69, 9.17) is 11.6 Å². The monoisotopic (exact) mass is 228 g/mol. The average molecular weight is 229 g/mol. The molecule has 0 unspecified atom stereocenters. The molecule has 1 aromatic heterocycles. The Morgan fingerprint density at radius 3 is 2.86 bits per heavy atom. The maximum Gasteiger partial charge on any atom is 0.189 e. The molecule has 5 heteroatoms. The largest absolute Gasteiger partial charge is 0.222 e. The Hall–Kier alpha value is -0.870. The summed E-state index contributed by atoms with van der Waals surface area (Å²) in [4.78, 5) is 8.19. The van der Waals surface area contributed by atoms with Gasteiger partial charge in [0.2, 0.25) is 0 Å². The Labute approximate surface area is 89.5 Å². The van der Waals surface area contributed by atoms with Crippen molar-refractivity contribution in [1.82, 2.24) is 9.97 Å². The van der Waals surface area contributed by atoms with Crippen molar-refractivity contribution >= 4 is 34.3 Å². The van der Waals surface area contributed by atoms with E-state index in [1.165, 1.54) is 23.9 Å². The number of nitrogens with zero attached hydrogens (tertiary/aromatic N) is 2. The van der Waals surface area contributed by atoms with Crippen LogP contribution in [0.3, 0.4) is 0 Å². The van der Waals surface area contributed by atoms with Crippen LogP contribution in [0, 0.1) is 5.82 Å². The van der Waals surface area contributed by atoms with Crippen LogP contribution in [-0.2, 0) is 0 Å².